The van der Waals surface area contributed by atoms with Crippen LogP contribution < -0.4 is 10.6 Å². The van der Waals surface area contributed by atoms with Crippen LogP contribution >= 0.6 is 0 Å². The molecule has 0 aliphatic rings. The second-order valence-electron chi connectivity index (χ2n) is 5.01. The molecule has 100 valence electrons. The van der Waals surface area contributed by atoms with Crippen LogP contribution in [0, 0.1) is 0 Å². The molecule has 0 unspecified atom stereocenters. The summed E-state index contributed by atoms with van der Waals surface area (Å²) < 4.78 is 0. The van der Waals surface area contributed by atoms with Crippen LogP contribution in [0.15, 0.2) is 24.3 Å². The van der Waals surface area contributed by atoms with E-state index in [9.17, 15) is 9.90 Å². The molecule has 0 saturated carbocycles. The quantitative estimate of drug-likeness (QED) is 0.704. The highest BCUT2D eigenvalue weighted by Crippen LogP contribution is 2.11. The second-order valence-corrected chi connectivity index (χ2v) is 5.01. The van der Waals surface area contributed by atoms with Crippen molar-refractivity contribution in [3.8, 4) is 0 Å². The zero-order valence-corrected chi connectivity index (χ0v) is 11.3. The average Bonchev–Trinajstić information content (AvgIpc) is 2.36. The molecule has 0 fully saturated rings. The molecule has 4 nitrogen and oxygen atoms in total. The molecule has 0 atom stereocenters. The van der Waals surface area contributed by atoms with Crippen molar-refractivity contribution >= 4 is 5.91 Å². The Morgan fingerprint density at radius 2 is 2.00 bits per heavy atom. The molecular formula is C14H22N2O2. The van der Waals surface area contributed by atoms with Crippen molar-refractivity contribution in [2.24, 2.45) is 0 Å². The third kappa shape index (κ3) is 4.13. The van der Waals surface area contributed by atoms with Crippen molar-refractivity contribution in [3.05, 3.63) is 35.4 Å². The first kappa shape index (κ1) is 14.7. The van der Waals surface area contributed by atoms with Crippen LogP contribution in [0.1, 0.15) is 29.8 Å². The third-order valence-corrected chi connectivity index (χ3v) is 2.75. The minimum absolute atomic E-state index is 0.0859. The van der Waals surface area contributed by atoms with Crippen LogP contribution in [0.2, 0.25) is 0 Å². The molecule has 4 heteroatoms. The molecule has 0 spiro atoms. The van der Waals surface area contributed by atoms with Crippen molar-refractivity contribution in [2.75, 3.05) is 20.2 Å². The SMILES string of the molecule is CNCCc1ccccc1C(=O)NC(C)(C)CO. The van der Waals surface area contributed by atoms with Gasteiger partial charge in [-0.2, -0.15) is 0 Å². The second kappa shape index (κ2) is 6.52. The summed E-state index contributed by atoms with van der Waals surface area (Å²) in [5.41, 5.74) is 1.08. The summed E-state index contributed by atoms with van der Waals surface area (Å²) in [7, 11) is 1.89. The van der Waals surface area contributed by atoms with E-state index < -0.39 is 5.54 Å². The molecule has 1 aromatic rings. The van der Waals surface area contributed by atoms with Crippen molar-refractivity contribution in [1.29, 1.82) is 0 Å². The van der Waals surface area contributed by atoms with Gasteiger partial charge in [0.05, 0.1) is 12.1 Å². The van der Waals surface area contributed by atoms with E-state index in [1.165, 1.54) is 0 Å². The smallest absolute Gasteiger partial charge is 0.252 e. The Morgan fingerprint density at radius 1 is 1.33 bits per heavy atom. The molecule has 0 saturated heterocycles. The van der Waals surface area contributed by atoms with Gasteiger partial charge in [-0.3, -0.25) is 4.79 Å². The Labute approximate surface area is 108 Å². The zero-order chi connectivity index (χ0) is 13.6. The van der Waals surface area contributed by atoms with Gasteiger partial charge >= 0.3 is 0 Å². The van der Waals surface area contributed by atoms with Gasteiger partial charge in [0.1, 0.15) is 0 Å². The summed E-state index contributed by atoms with van der Waals surface area (Å²) >= 11 is 0. The van der Waals surface area contributed by atoms with Crippen molar-refractivity contribution in [1.82, 2.24) is 10.6 Å². The largest absolute Gasteiger partial charge is 0.394 e. The van der Waals surface area contributed by atoms with Crippen LogP contribution in [0.5, 0.6) is 0 Å². The lowest BCUT2D eigenvalue weighted by Gasteiger charge is -2.24. The third-order valence-electron chi connectivity index (χ3n) is 2.75. The molecule has 0 aromatic heterocycles. The van der Waals surface area contributed by atoms with Gasteiger partial charge < -0.3 is 15.7 Å². The van der Waals surface area contributed by atoms with Crippen molar-refractivity contribution < 1.29 is 9.90 Å². The number of likely N-dealkylation sites (N-methyl/N-ethyl adjacent to an activating group) is 1. The molecule has 0 radical (unpaired) electrons. The number of hydrogen-bond donors (Lipinski definition) is 3. The minimum atomic E-state index is -0.604. The Morgan fingerprint density at radius 3 is 2.61 bits per heavy atom. The number of benzene rings is 1. The normalized spacial score (nSPS) is 11.3. The highest BCUT2D eigenvalue weighted by Gasteiger charge is 2.21. The topological polar surface area (TPSA) is 61.4 Å². The summed E-state index contributed by atoms with van der Waals surface area (Å²) in [5, 5.41) is 15.1. The summed E-state index contributed by atoms with van der Waals surface area (Å²) in [6, 6.07) is 7.55. The summed E-state index contributed by atoms with van der Waals surface area (Å²) in [6.45, 7) is 4.33. The van der Waals surface area contributed by atoms with E-state index in [-0.39, 0.29) is 12.5 Å². The summed E-state index contributed by atoms with van der Waals surface area (Å²) in [5.74, 6) is -0.138. The number of carbonyl (C=O) groups excluding carboxylic acids is 1. The lowest BCUT2D eigenvalue weighted by molar-refractivity contribution is 0.0868. The highest BCUT2D eigenvalue weighted by molar-refractivity contribution is 5.96. The monoisotopic (exact) mass is 250 g/mol. The number of aliphatic hydroxyl groups is 1. The van der Waals surface area contributed by atoms with Gasteiger partial charge in [-0.25, -0.2) is 0 Å². The van der Waals surface area contributed by atoms with E-state index in [0.29, 0.717) is 5.56 Å². The first-order chi connectivity index (χ1) is 8.50. The van der Waals surface area contributed by atoms with Gasteiger partial charge in [0.25, 0.3) is 5.91 Å². The number of amides is 1. The number of rotatable bonds is 6. The molecule has 1 aromatic carbocycles. The van der Waals surface area contributed by atoms with E-state index in [4.69, 9.17) is 0 Å². The maximum absolute atomic E-state index is 12.2. The Bertz CT molecular complexity index is 403. The van der Waals surface area contributed by atoms with E-state index in [0.717, 1.165) is 18.5 Å². The Balaban J connectivity index is 2.85. The fraction of sp³-hybridized carbons (Fsp3) is 0.500. The number of nitrogens with one attached hydrogen (secondary N) is 2. The predicted molar refractivity (Wildman–Crippen MR) is 72.7 cm³/mol. The number of hydrogen-bond acceptors (Lipinski definition) is 3. The molecule has 0 aliphatic heterocycles. The maximum Gasteiger partial charge on any atom is 0.252 e. The molecule has 3 N–H and O–H groups in total. The molecule has 18 heavy (non-hydrogen) atoms. The Hall–Kier alpha value is -1.39. The van der Waals surface area contributed by atoms with Gasteiger partial charge in [0, 0.05) is 5.56 Å². The molecule has 0 aliphatic carbocycles. The number of carbonyl (C=O) groups is 1. The van der Waals surface area contributed by atoms with E-state index >= 15 is 0 Å². The fourth-order valence-corrected chi connectivity index (χ4v) is 1.63. The summed E-state index contributed by atoms with van der Waals surface area (Å²) in [4.78, 5) is 12.2. The molecule has 0 heterocycles. The first-order valence-corrected chi connectivity index (χ1v) is 6.16. The lowest BCUT2D eigenvalue weighted by atomic mass is 10.0. The average molecular weight is 250 g/mol. The van der Waals surface area contributed by atoms with Gasteiger partial charge in [-0.1, -0.05) is 18.2 Å². The molecular weight excluding hydrogens is 228 g/mol. The van der Waals surface area contributed by atoms with Gasteiger partial charge in [0.15, 0.2) is 0 Å². The van der Waals surface area contributed by atoms with Crippen molar-refractivity contribution in [2.45, 2.75) is 25.8 Å². The first-order valence-electron chi connectivity index (χ1n) is 6.16. The zero-order valence-electron chi connectivity index (χ0n) is 11.3. The van der Waals surface area contributed by atoms with Crippen LogP contribution in [0.25, 0.3) is 0 Å². The summed E-state index contributed by atoms with van der Waals surface area (Å²) in [6.07, 6.45) is 0.805. The molecule has 1 amide bonds. The van der Waals surface area contributed by atoms with Crippen LogP contribution in [-0.2, 0) is 6.42 Å². The van der Waals surface area contributed by atoms with Crippen LogP contribution in [0.4, 0.5) is 0 Å². The molecule has 1 rings (SSSR count). The Kier molecular flexibility index (Phi) is 5.31. The molecule has 0 bridgehead atoms. The van der Waals surface area contributed by atoms with Gasteiger partial charge in [0.2, 0.25) is 0 Å². The standard InChI is InChI=1S/C14H22N2O2/c1-14(2,10-17)16-13(18)12-7-5-4-6-11(12)8-9-15-3/h4-7,15,17H,8-10H2,1-3H3,(H,16,18). The van der Waals surface area contributed by atoms with Crippen molar-refractivity contribution in [3.63, 3.8) is 0 Å². The van der Waals surface area contributed by atoms with E-state index in [2.05, 4.69) is 10.6 Å². The highest BCUT2D eigenvalue weighted by atomic mass is 16.3. The van der Waals surface area contributed by atoms with E-state index in [1.807, 2.05) is 31.3 Å². The van der Waals surface area contributed by atoms with Gasteiger partial charge in [-0.05, 0) is 45.5 Å². The lowest BCUT2D eigenvalue weighted by Crippen LogP contribution is -2.46. The predicted octanol–water partition coefficient (Wildman–Crippen LogP) is 0.949. The maximum atomic E-state index is 12.2. The van der Waals surface area contributed by atoms with E-state index in [1.54, 1.807) is 13.8 Å². The van der Waals surface area contributed by atoms with Crippen LogP contribution in [-0.4, -0.2) is 36.8 Å². The number of aliphatic hydroxyl groups excluding tert-OH is 1. The minimum Gasteiger partial charge on any atom is -0.394 e. The fourth-order valence-electron chi connectivity index (χ4n) is 1.63. The van der Waals surface area contributed by atoms with Gasteiger partial charge in [-0.15, -0.1) is 0 Å². The van der Waals surface area contributed by atoms with Crippen LogP contribution in [0.3, 0.4) is 0 Å².